The molecule has 0 saturated carbocycles. The Labute approximate surface area is 153 Å². The second-order valence-corrected chi connectivity index (χ2v) is 7.18. The standard InChI is InChI=1S/C19H16F2N4S/c20-19(21)25-16-8-4-3-7-15(16)23-17(25)11-26-18-13(10-22)9-12-5-1-2-6-14(12)24-18/h3-4,7-9,19H,1-2,5-6,11H2. The summed E-state index contributed by atoms with van der Waals surface area (Å²) in [5, 5.41) is 10.0. The molecule has 0 aliphatic heterocycles. The lowest BCUT2D eigenvalue weighted by Gasteiger charge is -2.16. The molecular formula is C19H16F2N4S. The number of benzene rings is 1. The van der Waals surface area contributed by atoms with Crippen LogP contribution in [0.25, 0.3) is 11.0 Å². The Morgan fingerprint density at radius 2 is 2.00 bits per heavy atom. The van der Waals surface area contributed by atoms with Crippen molar-refractivity contribution in [3.8, 4) is 6.07 Å². The van der Waals surface area contributed by atoms with Crippen LogP contribution in [-0.4, -0.2) is 14.5 Å². The lowest BCUT2D eigenvalue weighted by atomic mass is 9.95. The molecule has 0 N–H and O–H groups in total. The molecule has 1 aliphatic carbocycles. The molecule has 0 bridgehead atoms. The van der Waals surface area contributed by atoms with Gasteiger partial charge in [-0.1, -0.05) is 23.9 Å². The van der Waals surface area contributed by atoms with Crippen LogP contribution in [0.2, 0.25) is 0 Å². The topological polar surface area (TPSA) is 54.5 Å². The molecule has 0 fully saturated rings. The van der Waals surface area contributed by atoms with Crippen molar-refractivity contribution < 1.29 is 8.78 Å². The van der Waals surface area contributed by atoms with Crippen molar-refractivity contribution in [3.05, 3.63) is 53.0 Å². The van der Waals surface area contributed by atoms with Crippen LogP contribution in [0.15, 0.2) is 35.4 Å². The minimum absolute atomic E-state index is 0.236. The third kappa shape index (κ3) is 3.06. The molecule has 0 radical (unpaired) electrons. The smallest absolute Gasteiger partial charge is 0.269 e. The Morgan fingerprint density at radius 1 is 1.19 bits per heavy atom. The maximum Gasteiger partial charge on any atom is 0.320 e. The van der Waals surface area contributed by atoms with Crippen LogP contribution in [0, 0.1) is 11.3 Å². The average Bonchev–Trinajstić information content (AvgIpc) is 3.04. The molecule has 2 heterocycles. The number of alkyl halides is 2. The number of fused-ring (bicyclic) bond motifs is 2. The van der Waals surface area contributed by atoms with Gasteiger partial charge >= 0.3 is 6.55 Å². The van der Waals surface area contributed by atoms with E-state index in [1.54, 1.807) is 24.3 Å². The van der Waals surface area contributed by atoms with Gasteiger partial charge in [0, 0.05) is 5.69 Å². The van der Waals surface area contributed by atoms with Gasteiger partial charge in [0.1, 0.15) is 16.9 Å². The molecule has 0 atom stereocenters. The van der Waals surface area contributed by atoms with E-state index in [0.29, 0.717) is 21.6 Å². The molecule has 4 nitrogen and oxygen atoms in total. The minimum atomic E-state index is -2.66. The number of aromatic nitrogens is 3. The molecule has 2 aromatic heterocycles. The van der Waals surface area contributed by atoms with Crippen LogP contribution in [0.3, 0.4) is 0 Å². The first-order valence-electron chi connectivity index (χ1n) is 8.47. The summed E-state index contributed by atoms with van der Waals surface area (Å²) in [7, 11) is 0. The molecule has 7 heteroatoms. The molecule has 1 aliphatic rings. The van der Waals surface area contributed by atoms with E-state index in [4.69, 9.17) is 0 Å². The summed E-state index contributed by atoms with van der Waals surface area (Å²) >= 11 is 1.29. The number of nitriles is 1. The van der Waals surface area contributed by atoms with Gasteiger partial charge < -0.3 is 0 Å². The number of rotatable bonds is 4. The molecule has 132 valence electrons. The van der Waals surface area contributed by atoms with Gasteiger partial charge in [-0.3, -0.25) is 4.57 Å². The van der Waals surface area contributed by atoms with Crippen molar-refractivity contribution in [1.29, 1.82) is 5.26 Å². The van der Waals surface area contributed by atoms with E-state index in [9.17, 15) is 14.0 Å². The maximum absolute atomic E-state index is 13.5. The first-order chi connectivity index (χ1) is 12.7. The highest BCUT2D eigenvalue weighted by molar-refractivity contribution is 7.98. The van der Waals surface area contributed by atoms with Crippen LogP contribution in [0.4, 0.5) is 8.78 Å². The number of halogens is 2. The van der Waals surface area contributed by atoms with Crippen LogP contribution < -0.4 is 0 Å². The van der Waals surface area contributed by atoms with E-state index in [0.717, 1.165) is 41.5 Å². The highest BCUT2D eigenvalue weighted by atomic mass is 32.2. The zero-order valence-electron chi connectivity index (χ0n) is 14.0. The number of para-hydroxylation sites is 2. The quantitative estimate of drug-likeness (QED) is 0.615. The van der Waals surface area contributed by atoms with Gasteiger partial charge in [0.05, 0.1) is 22.3 Å². The van der Waals surface area contributed by atoms with Crippen molar-refractivity contribution in [1.82, 2.24) is 14.5 Å². The zero-order chi connectivity index (χ0) is 18.1. The van der Waals surface area contributed by atoms with Gasteiger partial charge in [-0.05, 0) is 49.4 Å². The molecule has 1 aromatic carbocycles. The van der Waals surface area contributed by atoms with Gasteiger partial charge in [0.25, 0.3) is 0 Å². The van der Waals surface area contributed by atoms with Crippen molar-refractivity contribution in [2.45, 2.75) is 43.0 Å². The second-order valence-electron chi connectivity index (χ2n) is 6.22. The molecular weight excluding hydrogens is 354 g/mol. The Morgan fingerprint density at radius 3 is 2.81 bits per heavy atom. The summed E-state index contributed by atoms with van der Waals surface area (Å²) in [5.74, 6) is 0.522. The highest BCUT2D eigenvalue weighted by Gasteiger charge is 2.20. The number of hydrogen-bond donors (Lipinski definition) is 0. The van der Waals surface area contributed by atoms with Gasteiger partial charge in [-0.25, -0.2) is 9.97 Å². The molecule has 0 amide bonds. The minimum Gasteiger partial charge on any atom is -0.269 e. The molecule has 0 spiro atoms. The number of thioether (sulfide) groups is 1. The summed E-state index contributed by atoms with van der Waals surface area (Å²) in [6, 6.07) is 11.0. The Bertz CT molecular complexity index is 1010. The molecule has 26 heavy (non-hydrogen) atoms. The van der Waals surface area contributed by atoms with Crippen molar-refractivity contribution in [2.24, 2.45) is 0 Å². The van der Waals surface area contributed by atoms with Crippen molar-refractivity contribution in [3.63, 3.8) is 0 Å². The van der Waals surface area contributed by atoms with Gasteiger partial charge in [-0.2, -0.15) is 14.0 Å². The van der Waals surface area contributed by atoms with Crippen LogP contribution in [0.1, 0.15) is 42.0 Å². The zero-order valence-corrected chi connectivity index (χ0v) is 14.8. The number of nitrogens with zero attached hydrogens (tertiary/aromatic N) is 4. The highest BCUT2D eigenvalue weighted by Crippen LogP contribution is 2.31. The van der Waals surface area contributed by atoms with Crippen LogP contribution >= 0.6 is 11.8 Å². The fourth-order valence-corrected chi connectivity index (χ4v) is 4.26. The largest absolute Gasteiger partial charge is 0.320 e. The average molecular weight is 370 g/mol. The Kier molecular flexibility index (Phi) is 4.60. The summed E-state index contributed by atoms with van der Waals surface area (Å²) in [4.78, 5) is 8.99. The first-order valence-corrected chi connectivity index (χ1v) is 9.45. The van der Waals surface area contributed by atoms with Gasteiger partial charge in [0.15, 0.2) is 0 Å². The molecule has 3 aromatic rings. The summed E-state index contributed by atoms with van der Waals surface area (Å²) in [6.45, 7) is -2.66. The van der Waals surface area contributed by atoms with E-state index < -0.39 is 6.55 Å². The van der Waals surface area contributed by atoms with Crippen molar-refractivity contribution in [2.75, 3.05) is 0 Å². The van der Waals surface area contributed by atoms with E-state index in [1.165, 1.54) is 11.8 Å². The van der Waals surface area contributed by atoms with E-state index >= 15 is 0 Å². The number of imidazole rings is 1. The molecule has 4 rings (SSSR count). The lowest BCUT2D eigenvalue weighted by molar-refractivity contribution is 0.0722. The number of hydrogen-bond acceptors (Lipinski definition) is 4. The molecule has 0 saturated heterocycles. The lowest BCUT2D eigenvalue weighted by Crippen LogP contribution is -2.08. The summed E-state index contributed by atoms with van der Waals surface area (Å²) in [5.41, 5.74) is 3.63. The predicted octanol–water partition coefficient (Wildman–Crippen LogP) is 4.87. The first kappa shape index (κ1) is 17.0. The van der Waals surface area contributed by atoms with Crippen LogP contribution in [0.5, 0.6) is 0 Å². The fraction of sp³-hybridized carbons (Fsp3) is 0.316. The predicted molar refractivity (Wildman–Crippen MR) is 96.1 cm³/mol. The van der Waals surface area contributed by atoms with Crippen molar-refractivity contribution >= 4 is 22.8 Å². The second kappa shape index (κ2) is 7.04. The van der Waals surface area contributed by atoms with Gasteiger partial charge in [-0.15, -0.1) is 0 Å². The fourth-order valence-electron chi connectivity index (χ4n) is 3.35. The van der Waals surface area contributed by atoms with Crippen LogP contribution in [-0.2, 0) is 18.6 Å². The number of pyridine rings is 1. The normalized spacial score (nSPS) is 13.8. The third-order valence-corrected chi connectivity index (χ3v) is 5.58. The third-order valence-electron chi connectivity index (χ3n) is 4.59. The SMILES string of the molecule is N#Cc1cc2c(nc1SCc1nc3ccccc3n1C(F)F)CCCC2. The monoisotopic (exact) mass is 370 g/mol. The van der Waals surface area contributed by atoms with E-state index in [1.807, 2.05) is 6.07 Å². The Balaban J connectivity index is 1.67. The summed E-state index contributed by atoms with van der Waals surface area (Å²) in [6.07, 6.45) is 4.06. The van der Waals surface area contributed by atoms with Gasteiger partial charge in [0.2, 0.25) is 0 Å². The van der Waals surface area contributed by atoms with E-state index in [-0.39, 0.29) is 11.6 Å². The Hall–Kier alpha value is -2.46. The maximum atomic E-state index is 13.5. The number of aryl methyl sites for hydroxylation is 2. The van der Waals surface area contributed by atoms with E-state index in [2.05, 4.69) is 16.0 Å². The summed E-state index contributed by atoms with van der Waals surface area (Å²) < 4.78 is 28.0. The molecule has 0 unspecified atom stereocenters.